The van der Waals surface area contributed by atoms with Crippen LogP contribution in [0.3, 0.4) is 0 Å². The topological polar surface area (TPSA) is 82.1 Å². The molecule has 0 aromatic heterocycles. The summed E-state index contributed by atoms with van der Waals surface area (Å²) in [4.78, 5) is 25.5. The first-order chi connectivity index (χ1) is 16.9. The molecule has 2 saturated heterocycles. The van der Waals surface area contributed by atoms with Crippen LogP contribution in [0.5, 0.6) is 0 Å². The zero-order chi connectivity index (χ0) is 24.6. The molecule has 0 radical (unpaired) electrons. The Bertz CT molecular complexity index is 812. The zero-order valence-electron chi connectivity index (χ0n) is 21.6. The van der Waals surface area contributed by atoms with Crippen molar-refractivity contribution >= 4 is 11.9 Å². The second kappa shape index (κ2) is 10.2. The highest BCUT2D eigenvalue weighted by Gasteiger charge is 2.73. The van der Waals surface area contributed by atoms with Gasteiger partial charge in [-0.05, 0) is 69.1 Å². The molecule has 2 bridgehead atoms. The molecule has 0 aromatic carbocycles. The van der Waals surface area contributed by atoms with E-state index in [1.165, 1.54) is 25.7 Å². The van der Waals surface area contributed by atoms with Gasteiger partial charge in [0.15, 0.2) is 0 Å². The molecular formula is C29H44O6. The SMILES string of the molecule is C[C@@H]1CC[C@@H]2[C@@H]1[C@H](OC(=O)/C=C/C1CCCCC1)[C@]1(C3CCCCC3)C[C@@H](OC(=O)CO)[C@@]2(C)O1. The van der Waals surface area contributed by atoms with Crippen LogP contribution in [0.1, 0.15) is 97.3 Å². The fourth-order valence-electron chi connectivity index (χ4n) is 8.54. The maximum Gasteiger partial charge on any atom is 0.332 e. The monoisotopic (exact) mass is 488 g/mol. The van der Waals surface area contributed by atoms with Gasteiger partial charge >= 0.3 is 11.9 Å². The molecule has 5 aliphatic rings. The lowest BCUT2D eigenvalue weighted by Crippen LogP contribution is -2.63. The van der Waals surface area contributed by atoms with Crippen molar-refractivity contribution in [3.8, 4) is 0 Å². The van der Waals surface area contributed by atoms with Gasteiger partial charge in [0.05, 0.1) is 0 Å². The number of aliphatic hydroxyl groups excluding tert-OH is 1. The summed E-state index contributed by atoms with van der Waals surface area (Å²) in [7, 11) is 0. The van der Waals surface area contributed by atoms with Crippen LogP contribution in [0, 0.1) is 29.6 Å². The number of allylic oxidation sites excluding steroid dienone is 1. The Kier molecular flexibility index (Phi) is 7.33. The van der Waals surface area contributed by atoms with E-state index >= 15 is 0 Å². The lowest BCUT2D eigenvalue weighted by molar-refractivity contribution is -0.270. The Morgan fingerprint density at radius 1 is 0.971 bits per heavy atom. The van der Waals surface area contributed by atoms with Gasteiger partial charge in [0.25, 0.3) is 0 Å². The van der Waals surface area contributed by atoms with Crippen molar-refractivity contribution in [3.63, 3.8) is 0 Å². The Balaban J connectivity index is 1.46. The molecule has 6 nitrogen and oxygen atoms in total. The van der Waals surface area contributed by atoms with Crippen molar-refractivity contribution in [1.29, 1.82) is 0 Å². The highest BCUT2D eigenvalue weighted by atomic mass is 16.6. The normalized spacial score (nSPS) is 42.2. The quantitative estimate of drug-likeness (QED) is 0.413. The van der Waals surface area contributed by atoms with Crippen LogP contribution in [-0.2, 0) is 23.8 Å². The second-order valence-electron chi connectivity index (χ2n) is 12.3. The maximum absolute atomic E-state index is 13.3. The minimum atomic E-state index is -0.635. The molecule has 6 heteroatoms. The summed E-state index contributed by atoms with van der Waals surface area (Å²) < 4.78 is 19.4. The zero-order valence-corrected chi connectivity index (χ0v) is 21.6. The van der Waals surface area contributed by atoms with Gasteiger partial charge in [-0.3, -0.25) is 0 Å². The summed E-state index contributed by atoms with van der Waals surface area (Å²) >= 11 is 0. The van der Waals surface area contributed by atoms with Gasteiger partial charge in [0, 0.05) is 18.4 Å². The number of ether oxygens (including phenoxy) is 3. The standard InChI is InChI=1S/C29H44O6/c1-19-13-15-22-26(19)27(34-24(31)16-14-20-9-5-3-6-10-20)29(21-11-7-4-8-12-21)17-23(28(22,2)35-29)33-25(32)18-30/h14,16,19-23,26-27,30H,3-13,15,17-18H2,1-2H3/b16-14+/t19-,22-,23-,26-,27+,28+,29-/m1/s1. The fraction of sp³-hybridized carbons (Fsp3) is 0.862. The first kappa shape index (κ1) is 25.3. The van der Waals surface area contributed by atoms with Crippen LogP contribution in [-0.4, -0.2) is 47.1 Å². The predicted molar refractivity (Wildman–Crippen MR) is 131 cm³/mol. The summed E-state index contributed by atoms with van der Waals surface area (Å²) in [5, 5.41) is 9.41. The minimum Gasteiger partial charge on any atom is -0.457 e. The van der Waals surface area contributed by atoms with E-state index in [0.29, 0.717) is 18.3 Å². The summed E-state index contributed by atoms with van der Waals surface area (Å²) in [5.41, 5.74) is -1.25. The molecule has 2 aliphatic heterocycles. The first-order valence-electron chi connectivity index (χ1n) is 14.3. The smallest absolute Gasteiger partial charge is 0.332 e. The Hall–Kier alpha value is -1.40. The lowest BCUT2D eigenvalue weighted by Gasteiger charge is -2.54. The summed E-state index contributed by atoms with van der Waals surface area (Å²) in [6.07, 6.45) is 17.3. The van der Waals surface area contributed by atoms with Crippen LogP contribution in [0.2, 0.25) is 0 Å². The number of rotatable bonds is 6. The second-order valence-corrected chi connectivity index (χ2v) is 12.3. The predicted octanol–water partition coefficient (Wildman–Crippen LogP) is 5.11. The first-order valence-corrected chi connectivity index (χ1v) is 14.3. The van der Waals surface area contributed by atoms with E-state index < -0.39 is 29.9 Å². The highest BCUT2D eigenvalue weighted by molar-refractivity contribution is 5.82. The minimum absolute atomic E-state index is 0.160. The van der Waals surface area contributed by atoms with Gasteiger partial charge in [-0.15, -0.1) is 0 Å². The van der Waals surface area contributed by atoms with E-state index in [4.69, 9.17) is 14.2 Å². The number of hydrogen-bond acceptors (Lipinski definition) is 6. The van der Waals surface area contributed by atoms with E-state index in [1.54, 1.807) is 6.08 Å². The van der Waals surface area contributed by atoms with Gasteiger partial charge in [0.1, 0.15) is 30.0 Å². The number of fused-ring (bicyclic) bond motifs is 4. The van der Waals surface area contributed by atoms with Crippen LogP contribution < -0.4 is 0 Å². The van der Waals surface area contributed by atoms with Crippen LogP contribution in [0.25, 0.3) is 0 Å². The average Bonchev–Trinajstić information content (AvgIpc) is 3.39. The molecule has 3 saturated carbocycles. The molecule has 5 rings (SSSR count). The number of aliphatic hydroxyl groups is 1. The van der Waals surface area contributed by atoms with Gasteiger partial charge < -0.3 is 19.3 Å². The van der Waals surface area contributed by atoms with E-state index in [0.717, 1.165) is 51.4 Å². The van der Waals surface area contributed by atoms with E-state index in [-0.39, 0.29) is 29.8 Å². The van der Waals surface area contributed by atoms with Crippen LogP contribution in [0.15, 0.2) is 12.2 Å². The third kappa shape index (κ3) is 4.58. The Morgan fingerprint density at radius 3 is 2.34 bits per heavy atom. The molecule has 3 aliphatic carbocycles. The molecule has 1 N–H and O–H groups in total. The fourth-order valence-corrected chi connectivity index (χ4v) is 8.54. The largest absolute Gasteiger partial charge is 0.457 e. The third-order valence-electron chi connectivity index (χ3n) is 10.3. The maximum atomic E-state index is 13.3. The number of hydrogen-bond donors (Lipinski definition) is 1. The molecule has 2 heterocycles. The number of carbonyl (C=O) groups is 2. The van der Waals surface area contributed by atoms with Gasteiger partial charge in [-0.25, -0.2) is 9.59 Å². The Morgan fingerprint density at radius 2 is 1.66 bits per heavy atom. The van der Waals surface area contributed by atoms with Crippen molar-refractivity contribution in [2.24, 2.45) is 29.6 Å². The highest BCUT2D eigenvalue weighted by Crippen LogP contribution is 2.64. The van der Waals surface area contributed by atoms with Crippen molar-refractivity contribution < 1.29 is 28.9 Å². The van der Waals surface area contributed by atoms with Gasteiger partial charge in [-0.2, -0.15) is 0 Å². The molecule has 0 unspecified atom stereocenters. The van der Waals surface area contributed by atoms with Gasteiger partial charge in [0.2, 0.25) is 0 Å². The third-order valence-corrected chi connectivity index (χ3v) is 10.3. The molecule has 0 aromatic rings. The molecule has 35 heavy (non-hydrogen) atoms. The van der Waals surface area contributed by atoms with Crippen molar-refractivity contribution in [2.75, 3.05) is 6.61 Å². The Labute approximate surface area is 210 Å². The van der Waals surface area contributed by atoms with E-state index in [2.05, 4.69) is 19.9 Å². The number of carbonyl (C=O) groups excluding carboxylic acids is 2. The van der Waals surface area contributed by atoms with E-state index in [1.807, 2.05) is 0 Å². The van der Waals surface area contributed by atoms with Gasteiger partial charge in [-0.1, -0.05) is 51.5 Å². The van der Waals surface area contributed by atoms with Crippen LogP contribution >= 0.6 is 0 Å². The summed E-state index contributed by atoms with van der Waals surface area (Å²) in [6, 6.07) is 0. The molecular weight excluding hydrogens is 444 g/mol. The lowest BCUT2D eigenvalue weighted by atomic mass is 9.66. The van der Waals surface area contributed by atoms with E-state index in [9.17, 15) is 14.7 Å². The molecule has 0 amide bonds. The number of esters is 2. The summed E-state index contributed by atoms with van der Waals surface area (Å²) in [6.45, 7) is 3.75. The van der Waals surface area contributed by atoms with Crippen molar-refractivity contribution in [1.82, 2.24) is 0 Å². The average molecular weight is 489 g/mol. The summed E-state index contributed by atoms with van der Waals surface area (Å²) in [5.74, 6) is 0.672. The molecule has 0 spiro atoms. The molecule has 5 fully saturated rings. The van der Waals surface area contributed by atoms with Crippen LogP contribution in [0.4, 0.5) is 0 Å². The van der Waals surface area contributed by atoms with Crippen molar-refractivity contribution in [2.45, 2.75) is 121 Å². The molecule has 196 valence electrons. The van der Waals surface area contributed by atoms with Crippen molar-refractivity contribution in [3.05, 3.63) is 12.2 Å². The molecule has 7 atom stereocenters.